The Morgan fingerprint density at radius 3 is 2.52 bits per heavy atom. The Balaban J connectivity index is 1.62. The molecule has 0 radical (unpaired) electrons. The van der Waals surface area contributed by atoms with Gasteiger partial charge in [0.15, 0.2) is 6.10 Å². The number of hydrogen-bond acceptors (Lipinski definition) is 4. The van der Waals surface area contributed by atoms with Gasteiger partial charge in [0, 0.05) is 22.4 Å². The van der Waals surface area contributed by atoms with Crippen LogP contribution >= 0.6 is 23.2 Å². The lowest BCUT2D eigenvalue weighted by molar-refractivity contribution is -0.148. The standard InChI is InChI=1S/C25H25Cl2N3O3/c1-15-5-7-19(8-6-15)14-30-17(3)21(16(2)29-30)10-12-24(31)33-18(4)25(32)28-23-13-20(26)9-11-22(23)27/h5-13,18H,14H2,1-4H3,(H,28,32)/b12-10+. The summed E-state index contributed by atoms with van der Waals surface area (Å²) in [5, 5.41) is 7.95. The van der Waals surface area contributed by atoms with Gasteiger partial charge in [-0.3, -0.25) is 9.48 Å². The van der Waals surface area contributed by atoms with Gasteiger partial charge in [-0.25, -0.2) is 4.79 Å². The minimum absolute atomic E-state index is 0.333. The van der Waals surface area contributed by atoms with Gasteiger partial charge in [-0.15, -0.1) is 0 Å². The minimum atomic E-state index is -1.02. The van der Waals surface area contributed by atoms with Gasteiger partial charge in [-0.05, 0) is 57.5 Å². The molecule has 1 aromatic heterocycles. The van der Waals surface area contributed by atoms with Gasteiger partial charge >= 0.3 is 5.97 Å². The Kier molecular flexibility index (Phi) is 7.95. The number of ether oxygens (including phenoxy) is 1. The topological polar surface area (TPSA) is 73.2 Å². The van der Waals surface area contributed by atoms with Crippen molar-refractivity contribution in [1.29, 1.82) is 0 Å². The molecule has 6 nitrogen and oxygen atoms in total. The number of benzene rings is 2. The Morgan fingerprint density at radius 2 is 1.82 bits per heavy atom. The third-order valence-corrected chi connectivity index (χ3v) is 5.69. The number of anilines is 1. The van der Waals surface area contributed by atoms with Crippen molar-refractivity contribution >= 4 is 46.8 Å². The van der Waals surface area contributed by atoms with E-state index in [4.69, 9.17) is 27.9 Å². The van der Waals surface area contributed by atoms with E-state index in [0.29, 0.717) is 22.3 Å². The Morgan fingerprint density at radius 1 is 1.12 bits per heavy atom. The number of aryl methyl sites for hydroxylation is 2. The molecule has 0 aliphatic rings. The number of nitrogens with zero attached hydrogens (tertiary/aromatic N) is 2. The molecule has 8 heteroatoms. The average molecular weight is 486 g/mol. The molecule has 0 aliphatic heterocycles. The fraction of sp³-hybridized carbons (Fsp3) is 0.240. The first-order valence-corrected chi connectivity index (χ1v) is 11.1. The maximum atomic E-state index is 12.4. The highest BCUT2D eigenvalue weighted by Gasteiger charge is 2.18. The molecule has 1 amide bonds. The van der Waals surface area contributed by atoms with E-state index in [2.05, 4.69) is 34.7 Å². The highest BCUT2D eigenvalue weighted by Crippen LogP contribution is 2.25. The molecule has 0 spiro atoms. The van der Waals surface area contributed by atoms with Gasteiger partial charge in [0.2, 0.25) is 0 Å². The van der Waals surface area contributed by atoms with Crippen molar-refractivity contribution < 1.29 is 14.3 Å². The van der Waals surface area contributed by atoms with Gasteiger partial charge in [-0.1, -0.05) is 53.0 Å². The van der Waals surface area contributed by atoms with Crippen LogP contribution in [0.2, 0.25) is 10.0 Å². The molecular weight excluding hydrogens is 461 g/mol. The zero-order valence-corrected chi connectivity index (χ0v) is 20.4. The highest BCUT2D eigenvalue weighted by molar-refractivity contribution is 6.35. The van der Waals surface area contributed by atoms with Crippen molar-refractivity contribution in [3.63, 3.8) is 0 Å². The quantitative estimate of drug-likeness (QED) is 0.341. The number of halogens is 2. The third-order valence-electron chi connectivity index (χ3n) is 5.12. The molecule has 3 aromatic rings. The first-order valence-electron chi connectivity index (χ1n) is 10.4. The van der Waals surface area contributed by atoms with Crippen molar-refractivity contribution in [3.05, 3.63) is 86.7 Å². The molecular formula is C25H25Cl2N3O3. The number of nitrogens with one attached hydrogen (secondary N) is 1. The summed E-state index contributed by atoms with van der Waals surface area (Å²) < 4.78 is 7.13. The number of hydrogen-bond donors (Lipinski definition) is 1. The van der Waals surface area contributed by atoms with Crippen LogP contribution in [0, 0.1) is 20.8 Å². The van der Waals surface area contributed by atoms with Gasteiger partial charge in [0.25, 0.3) is 5.91 Å². The van der Waals surface area contributed by atoms with E-state index in [1.54, 1.807) is 18.2 Å². The van der Waals surface area contributed by atoms with Crippen LogP contribution in [0.15, 0.2) is 48.5 Å². The van der Waals surface area contributed by atoms with E-state index < -0.39 is 18.0 Å². The predicted octanol–water partition coefficient (Wildman–Crippen LogP) is 5.75. The SMILES string of the molecule is Cc1ccc(Cn2nc(C)c(/C=C/C(=O)OC(C)C(=O)Nc3cc(Cl)ccc3Cl)c2C)cc1. The summed E-state index contributed by atoms with van der Waals surface area (Å²) in [4.78, 5) is 24.7. The molecule has 1 atom stereocenters. The fourth-order valence-corrected chi connectivity index (χ4v) is 3.56. The second kappa shape index (κ2) is 10.7. The molecule has 0 aliphatic carbocycles. The maximum Gasteiger partial charge on any atom is 0.331 e. The Bertz CT molecular complexity index is 1200. The Hall–Kier alpha value is -3.09. The monoisotopic (exact) mass is 485 g/mol. The molecule has 2 aromatic carbocycles. The molecule has 0 saturated heterocycles. The lowest BCUT2D eigenvalue weighted by Crippen LogP contribution is -2.29. The zero-order chi connectivity index (χ0) is 24.1. The van der Waals surface area contributed by atoms with Crippen LogP contribution < -0.4 is 5.32 Å². The van der Waals surface area contributed by atoms with Gasteiger partial charge in [-0.2, -0.15) is 5.10 Å². The number of carbonyl (C=O) groups excluding carboxylic acids is 2. The molecule has 33 heavy (non-hydrogen) atoms. The predicted molar refractivity (Wildman–Crippen MR) is 132 cm³/mol. The first-order chi connectivity index (χ1) is 15.6. The summed E-state index contributed by atoms with van der Waals surface area (Å²) in [6.45, 7) is 7.99. The normalized spacial score (nSPS) is 12.1. The number of carbonyl (C=O) groups is 2. The molecule has 1 heterocycles. The van der Waals surface area contributed by atoms with Crippen molar-refractivity contribution in [2.45, 2.75) is 40.3 Å². The molecule has 3 rings (SSSR count). The van der Waals surface area contributed by atoms with Gasteiger partial charge in [0.05, 0.1) is 22.9 Å². The van der Waals surface area contributed by atoms with Crippen molar-refractivity contribution in [2.75, 3.05) is 5.32 Å². The smallest absolute Gasteiger partial charge is 0.331 e. The summed E-state index contributed by atoms with van der Waals surface area (Å²) in [6, 6.07) is 13.0. The van der Waals surface area contributed by atoms with Crippen molar-refractivity contribution in [2.24, 2.45) is 0 Å². The lowest BCUT2D eigenvalue weighted by Gasteiger charge is -2.13. The number of rotatable bonds is 7. The summed E-state index contributed by atoms with van der Waals surface area (Å²) in [5.41, 5.74) is 5.25. The lowest BCUT2D eigenvalue weighted by atomic mass is 10.1. The fourth-order valence-electron chi connectivity index (χ4n) is 3.22. The summed E-state index contributed by atoms with van der Waals surface area (Å²) in [6.07, 6.45) is 1.93. The number of esters is 1. The largest absolute Gasteiger partial charge is 0.449 e. The van der Waals surface area contributed by atoms with Crippen LogP contribution in [0.4, 0.5) is 5.69 Å². The maximum absolute atomic E-state index is 12.4. The highest BCUT2D eigenvalue weighted by atomic mass is 35.5. The van der Waals surface area contributed by atoms with Crippen LogP contribution in [-0.2, 0) is 20.9 Å². The van der Waals surface area contributed by atoms with Crippen molar-refractivity contribution in [3.8, 4) is 0 Å². The number of aromatic nitrogens is 2. The van der Waals surface area contributed by atoms with E-state index in [9.17, 15) is 9.59 Å². The molecule has 1 unspecified atom stereocenters. The van der Waals surface area contributed by atoms with Gasteiger partial charge in [0.1, 0.15) is 0 Å². The van der Waals surface area contributed by atoms with Crippen LogP contribution in [0.25, 0.3) is 6.08 Å². The van der Waals surface area contributed by atoms with Gasteiger partial charge < -0.3 is 10.1 Å². The van der Waals surface area contributed by atoms with E-state index in [-0.39, 0.29) is 0 Å². The number of amides is 1. The van der Waals surface area contributed by atoms with Crippen LogP contribution in [-0.4, -0.2) is 27.8 Å². The summed E-state index contributed by atoms with van der Waals surface area (Å²) in [7, 11) is 0. The third kappa shape index (κ3) is 6.46. The zero-order valence-electron chi connectivity index (χ0n) is 18.9. The second-order valence-corrected chi connectivity index (χ2v) is 8.60. The second-order valence-electron chi connectivity index (χ2n) is 7.75. The average Bonchev–Trinajstić information content (AvgIpc) is 3.03. The first kappa shape index (κ1) is 24.6. The molecule has 1 N–H and O–H groups in total. The van der Waals surface area contributed by atoms with Crippen molar-refractivity contribution in [1.82, 2.24) is 9.78 Å². The minimum Gasteiger partial charge on any atom is -0.449 e. The van der Waals surface area contributed by atoms with E-state index >= 15 is 0 Å². The Labute approximate surface area is 203 Å². The van der Waals surface area contributed by atoms with Crippen LogP contribution in [0.5, 0.6) is 0 Å². The van der Waals surface area contributed by atoms with Crippen LogP contribution in [0.3, 0.4) is 0 Å². The van der Waals surface area contributed by atoms with E-state index in [1.165, 1.54) is 24.6 Å². The molecule has 0 bridgehead atoms. The summed E-state index contributed by atoms with van der Waals surface area (Å²) in [5.74, 6) is -1.15. The summed E-state index contributed by atoms with van der Waals surface area (Å²) >= 11 is 12.0. The van der Waals surface area contributed by atoms with Crippen LogP contribution in [0.1, 0.15) is 35.0 Å². The molecule has 172 valence electrons. The molecule has 0 fully saturated rings. The van der Waals surface area contributed by atoms with E-state index in [1.807, 2.05) is 25.5 Å². The molecule has 0 saturated carbocycles. The van der Waals surface area contributed by atoms with E-state index in [0.717, 1.165) is 22.5 Å².